The van der Waals surface area contributed by atoms with Crippen LogP contribution < -0.4 is 0 Å². The lowest BCUT2D eigenvalue weighted by molar-refractivity contribution is -0.138. The summed E-state index contributed by atoms with van der Waals surface area (Å²) in [5.74, 6) is 0.527. The number of hydrogen-bond acceptors (Lipinski definition) is 3. The maximum atomic E-state index is 12.9. The average molecular weight is 304 g/mol. The van der Waals surface area contributed by atoms with Crippen molar-refractivity contribution < 1.29 is 13.2 Å². The summed E-state index contributed by atoms with van der Waals surface area (Å²) < 4.78 is 38.8. The fourth-order valence-electron chi connectivity index (χ4n) is 2.97. The Labute approximate surface area is 121 Å². The van der Waals surface area contributed by atoms with Crippen LogP contribution in [-0.2, 0) is 12.6 Å². The van der Waals surface area contributed by atoms with E-state index in [0.29, 0.717) is 22.9 Å². The Bertz CT molecular complexity index is 478. The molecule has 2 nitrogen and oxygen atoms in total. The first kappa shape index (κ1) is 15.6. The Morgan fingerprint density at radius 1 is 1.35 bits per heavy atom. The molecule has 0 aliphatic heterocycles. The highest BCUT2D eigenvalue weighted by molar-refractivity contribution is 7.98. The van der Waals surface area contributed by atoms with Crippen LogP contribution in [0, 0.1) is 11.3 Å². The topological polar surface area (TPSA) is 25.8 Å². The van der Waals surface area contributed by atoms with Crippen molar-refractivity contribution in [1.29, 1.82) is 0 Å². The number of nitrogens with zero attached hydrogens (tertiary/aromatic N) is 2. The van der Waals surface area contributed by atoms with Gasteiger partial charge in [0.05, 0.1) is 11.3 Å². The summed E-state index contributed by atoms with van der Waals surface area (Å²) in [5, 5.41) is 0.405. The molecule has 1 fully saturated rings. The largest absolute Gasteiger partial charge is 0.419 e. The van der Waals surface area contributed by atoms with Gasteiger partial charge in [-0.15, -0.1) is 0 Å². The fraction of sp³-hybridized carbons (Fsp3) is 0.714. The molecule has 1 aliphatic rings. The van der Waals surface area contributed by atoms with Crippen LogP contribution in [0.1, 0.15) is 44.4 Å². The van der Waals surface area contributed by atoms with Crippen molar-refractivity contribution in [2.45, 2.75) is 50.9 Å². The molecule has 0 unspecified atom stereocenters. The summed E-state index contributed by atoms with van der Waals surface area (Å²) in [6, 6.07) is 0. The van der Waals surface area contributed by atoms with E-state index >= 15 is 0 Å². The highest BCUT2D eigenvalue weighted by Crippen LogP contribution is 2.47. The molecule has 0 aromatic carbocycles. The predicted molar refractivity (Wildman–Crippen MR) is 73.6 cm³/mol. The fourth-order valence-corrected chi connectivity index (χ4v) is 3.33. The second-order valence-corrected chi connectivity index (χ2v) is 6.97. The first-order valence-electron chi connectivity index (χ1n) is 6.68. The quantitative estimate of drug-likeness (QED) is 0.601. The van der Waals surface area contributed by atoms with Gasteiger partial charge in [-0.05, 0) is 43.3 Å². The van der Waals surface area contributed by atoms with Crippen molar-refractivity contribution in [3.05, 3.63) is 17.5 Å². The number of alkyl halides is 3. The van der Waals surface area contributed by atoms with Crippen LogP contribution in [0.3, 0.4) is 0 Å². The van der Waals surface area contributed by atoms with Gasteiger partial charge in [-0.2, -0.15) is 13.2 Å². The van der Waals surface area contributed by atoms with Gasteiger partial charge in [-0.3, -0.25) is 0 Å². The Morgan fingerprint density at radius 2 is 2.00 bits per heavy atom. The molecular formula is C14H19F3N2S. The first-order chi connectivity index (χ1) is 9.21. The SMILES string of the molecule is CSc1ncc(C(F)(F)F)c(CCC2CC(C)(C)C2)n1. The molecule has 0 saturated heterocycles. The van der Waals surface area contributed by atoms with Crippen molar-refractivity contribution in [2.24, 2.45) is 11.3 Å². The Kier molecular flexibility index (Phi) is 4.33. The maximum absolute atomic E-state index is 12.9. The van der Waals surface area contributed by atoms with Gasteiger partial charge in [-0.1, -0.05) is 25.6 Å². The number of thioether (sulfide) groups is 1. The number of halogens is 3. The minimum Gasteiger partial charge on any atom is -0.230 e. The minimum atomic E-state index is -4.37. The Balaban J connectivity index is 2.09. The number of aryl methyl sites for hydroxylation is 1. The van der Waals surface area contributed by atoms with E-state index in [1.54, 1.807) is 6.26 Å². The van der Waals surface area contributed by atoms with Crippen LogP contribution >= 0.6 is 11.8 Å². The van der Waals surface area contributed by atoms with Crippen molar-refractivity contribution in [3.8, 4) is 0 Å². The summed E-state index contributed by atoms with van der Waals surface area (Å²) in [5.41, 5.74) is -0.191. The molecule has 1 aromatic rings. The van der Waals surface area contributed by atoms with Crippen molar-refractivity contribution >= 4 is 11.8 Å². The smallest absolute Gasteiger partial charge is 0.230 e. The molecule has 2 rings (SSSR count). The number of aromatic nitrogens is 2. The second kappa shape index (κ2) is 5.54. The highest BCUT2D eigenvalue weighted by atomic mass is 32.2. The van der Waals surface area contributed by atoms with E-state index in [9.17, 15) is 13.2 Å². The van der Waals surface area contributed by atoms with Crippen LogP contribution in [0.25, 0.3) is 0 Å². The predicted octanol–water partition coefficient (Wildman–Crippen LogP) is 4.59. The lowest BCUT2D eigenvalue weighted by Crippen LogP contribution is -2.31. The molecule has 0 spiro atoms. The molecule has 1 aromatic heterocycles. The molecule has 1 heterocycles. The van der Waals surface area contributed by atoms with Crippen LogP contribution in [0.4, 0.5) is 13.2 Å². The van der Waals surface area contributed by atoms with Crippen LogP contribution in [0.2, 0.25) is 0 Å². The van der Waals surface area contributed by atoms with E-state index in [1.165, 1.54) is 11.8 Å². The van der Waals surface area contributed by atoms with Gasteiger partial charge in [0, 0.05) is 6.20 Å². The molecule has 1 aliphatic carbocycles. The third-order valence-corrected chi connectivity index (χ3v) is 4.37. The third-order valence-electron chi connectivity index (χ3n) is 3.81. The molecular weight excluding hydrogens is 285 g/mol. The van der Waals surface area contributed by atoms with Gasteiger partial charge < -0.3 is 0 Å². The Morgan fingerprint density at radius 3 is 2.50 bits per heavy atom. The summed E-state index contributed by atoms with van der Waals surface area (Å²) in [7, 11) is 0. The first-order valence-corrected chi connectivity index (χ1v) is 7.91. The zero-order valence-corrected chi connectivity index (χ0v) is 12.7. The molecule has 0 N–H and O–H groups in total. The minimum absolute atomic E-state index is 0.140. The maximum Gasteiger partial charge on any atom is 0.419 e. The molecule has 1 saturated carbocycles. The molecule has 0 radical (unpaired) electrons. The molecule has 6 heteroatoms. The van der Waals surface area contributed by atoms with Crippen molar-refractivity contribution in [3.63, 3.8) is 0 Å². The average Bonchev–Trinajstić information content (AvgIpc) is 2.32. The molecule has 0 amide bonds. The summed E-state index contributed by atoms with van der Waals surface area (Å²) >= 11 is 1.27. The van der Waals surface area contributed by atoms with Crippen LogP contribution in [0.5, 0.6) is 0 Å². The van der Waals surface area contributed by atoms with Crippen LogP contribution in [0.15, 0.2) is 11.4 Å². The molecule has 0 atom stereocenters. The zero-order valence-electron chi connectivity index (χ0n) is 11.9. The van der Waals surface area contributed by atoms with Crippen molar-refractivity contribution in [2.75, 3.05) is 6.26 Å². The van der Waals surface area contributed by atoms with Crippen molar-refractivity contribution in [1.82, 2.24) is 9.97 Å². The van der Waals surface area contributed by atoms with E-state index in [-0.39, 0.29) is 5.69 Å². The van der Waals surface area contributed by atoms with Crippen LogP contribution in [-0.4, -0.2) is 16.2 Å². The number of rotatable bonds is 4. The van der Waals surface area contributed by atoms with Gasteiger partial charge in [-0.25, -0.2) is 9.97 Å². The molecule has 0 bridgehead atoms. The van der Waals surface area contributed by atoms with Gasteiger partial charge in [0.15, 0.2) is 5.16 Å². The van der Waals surface area contributed by atoms with E-state index in [0.717, 1.165) is 25.5 Å². The van der Waals surface area contributed by atoms with Gasteiger partial charge in [0.1, 0.15) is 0 Å². The summed E-state index contributed by atoms with van der Waals surface area (Å²) in [6.07, 6.45) is 1.65. The summed E-state index contributed by atoms with van der Waals surface area (Å²) in [6.45, 7) is 4.39. The summed E-state index contributed by atoms with van der Waals surface area (Å²) in [4.78, 5) is 7.80. The van der Waals surface area contributed by atoms with E-state index in [4.69, 9.17) is 0 Å². The number of hydrogen-bond donors (Lipinski definition) is 0. The van der Waals surface area contributed by atoms with E-state index in [2.05, 4.69) is 23.8 Å². The van der Waals surface area contributed by atoms with E-state index < -0.39 is 11.7 Å². The van der Waals surface area contributed by atoms with Gasteiger partial charge >= 0.3 is 6.18 Å². The lowest BCUT2D eigenvalue weighted by atomic mass is 9.63. The monoisotopic (exact) mass is 304 g/mol. The molecule has 20 heavy (non-hydrogen) atoms. The highest BCUT2D eigenvalue weighted by Gasteiger charge is 2.37. The second-order valence-electron chi connectivity index (χ2n) is 6.19. The molecule has 112 valence electrons. The zero-order chi connectivity index (χ0) is 15.0. The Hall–Kier alpha value is -0.780. The lowest BCUT2D eigenvalue weighted by Gasteiger charge is -2.42. The van der Waals surface area contributed by atoms with Gasteiger partial charge in [0.25, 0.3) is 0 Å². The third kappa shape index (κ3) is 3.65. The standard InChI is InChI=1S/C14H19F3N2S/c1-13(2)6-9(7-13)4-5-11-10(14(15,16)17)8-18-12(19-11)20-3/h8-9H,4-7H2,1-3H3. The van der Waals surface area contributed by atoms with Gasteiger partial charge in [0.2, 0.25) is 0 Å². The van der Waals surface area contributed by atoms with E-state index in [1.807, 2.05) is 0 Å². The normalized spacial score (nSPS) is 18.9.